The molecule has 2 aliphatic heterocycles. The van der Waals surface area contributed by atoms with Gasteiger partial charge < -0.3 is 9.80 Å². The van der Waals surface area contributed by atoms with Crippen molar-refractivity contribution in [2.45, 2.75) is 33.2 Å². The summed E-state index contributed by atoms with van der Waals surface area (Å²) in [5.41, 5.74) is 2.71. The van der Waals surface area contributed by atoms with Crippen LogP contribution in [0.5, 0.6) is 0 Å². The molecule has 2 fully saturated rings. The Balaban J connectivity index is 1.45. The van der Waals surface area contributed by atoms with E-state index in [-0.39, 0.29) is 5.92 Å². The van der Waals surface area contributed by atoms with Gasteiger partial charge in [0.05, 0.1) is 0 Å². The van der Waals surface area contributed by atoms with Crippen LogP contribution in [0.1, 0.15) is 30.9 Å². The Morgan fingerprint density at radius 3 is 2.38 bits per heavy atom. The van der Waals surface area contributed by atoms with Crippen LogP contribution in [-0.4, -0.2) is 66.4 Å². The summed E-state index contributed by atoms with van der Waals surface area (Å²) in [5.74, 6) is 0.646. The number of likely N-dealkylation sites (N-methyl/N-ethyl adjacent to an activating group) is 1. The van der Waals surface area contributed by atoms with Gasteiger partial charge in [0.25, 0.3) is 0 Å². The van der Waals surface area contributed by atoms with Gasteiger partial charge in [-0.3, -0.25) is 9.69 Å². The van der Waals surface area contributed by atoms with E-state index < -0.39 is 0 Å². The third kappa shape index (κ3) is 4.37. The van der Waals surface area contributed by atoms with E-state index in [0.29, 0.717) is 5.91 Å². The molecule has 0 N–H and O–H groups in total. The highest BCUT2D eigenvalue weighted by molar-refractivity contribution is 5.79. The second kappa shape index (κ2) is 8.13. The summed E-state index contributed by atoms with van der Waals surface area (Å²) in [7, 11) is 0. The third-order valence-electron chi connectivity index (χ3n) is 5.56. The van der Waals surface area contributed by atoms with Crippen molar-refractivity contribution in [3.8, 4) is 0 Å². The number of benzene rings is 1. The third-order valence-corrected chi connectivity index (χ3v) is 5.56. The predicted octanol–water partition coefficient (Wildman–Crippen LogP) is 2.37. The van der Waals surface area contributed by atoms with Crippen LogP contribution in [0.25, 0.3) is 0 Å². The second-order valence-electron chi connectivity index (χ2n) is 7.30. The van der Waals surface area contributed by atoms with Crippen molar-refractivity contribution in [2.75, 3.05) is 45.8 Å². The number of piperazine rings is 1. The average molecular weight is 329 g/mol. The van der Waals surface area contributed by atoms with Gasteiger partial charge in [0, 0.05) is 38.6 Å². The molecule has 0 bridgehead atoms. The number of piperidine rings is 1. The topological polar surface area (TPSA) is 26.8 Å². The molecule has 0 radical (unpaired) electrons. The highest BCUT2D eigenvalue weighted by atomic mass is 16.2. The normalized spacial score (nSPS) is 21.2. The van der Waals surface area contributed by atoms with E-state index in [4.69, 9.17) is 0 Å². The van der Waals surface area contributed by atoms with Crippen molar-refractivity contribution in [1.82, 2.24) is 14.7 Å². The lowest BCUT2D eigenvalue weighted by Crippen LogP contribution is -2.51. The number of amides is 1. The number of nitrogens with zero attached hydrogens (tertiary/aromatic N) is 3. The number of hydrogen-bond acceptors (Lipinski definition) is 3. The summed E-state index contributed by atoms with van der Waals surface area (Å²) in [6, 6.07) is 8.76. The molecule has 1 aromatic rings. The van der Waals surface area contributed by atoms with Gasteiger partial charge in [-0.1, -0.05) is 36.8 Å². The van der Waals surface area contributed by atoms with Crippen molar-refractivity contribution in [3.63, 3.8) is 0 Å². The van der Waals surface area contributed by atoms with Crippen molar-refractivity contribution < 1.29 is 4.79 Å². The molecular weight excluding hydrogens is 298 g/mol. The Labute approximate surface area is 146 Å². The maximum atomic E-state index is 12.7. The maximum Gasteiger partial charge on any atom is 0.225 e. The zero-order chi connectivity index (χ0) is 16.9. The number of rotatable bonds is 4. The molecule has 3 rings (SSSR count). The minimum absolute atomic E-state index is 0.243. The van der Waals surface area contributed by atoms with Crippen molar-refractivity contribution >= 4 is 5.91 Å². The first-order valence-corrected chi connectivity index (χ1v) is 9.44. The maximum absolute atomic E-state index is 12.7. The second-order valence-corrected chi connectivity index (χ2v) is 7.30. The van der Waals surface area contributed by atoms with E-state index in [1.54, 1.807) is 0 Å². The molecule has 1 aromatic carbocycles. The van der Waals surface area contributed by atoms with Gasteiger partial charge in [-0.25, -0.2) is 0 Å². The van der Waals surface area contributed by atoms with E-state index in [0.717, 1.165) is 65.2 Å². The summed E-state index contributed by atoms with van der Waals surface area (Å²) >= 11 is 0. The lowest BCUT2D eigenvalue weighted by Gasteiger charge is -2.38. The highest BCUT2D eigenvalue weighted by Crippen LogP contribution is 2.22. The number of carbonyl (C=O) groups is 1. The van der Waals surface area contributed by atoms with Gasteiger partial charge in [0.1, 0.15) is 0 Å². The van der Waals surface area contributed by atoms with Gasteiger partial charge in [0.15, 0.2) is 0 Å². The molecule has 2 saturated heterocycles. The number of carbonyl (C=O) groups excluding carboxylic acids is 1. The van der Waals surface area contributed by atoms with Gasteiger partial charge >= 0.3 is 0 Å². The minimum Gasteiger partial charge on any atom is -0.340 e. The average Bonchev–Trinajstić information content (AvgIpc) is 2.62. The summed E-state index contributed by atoms with van der Waals surface area (Å²) in [6.07, 6.45) is 2.03. The fraction of sp³-hybridized carbons (Fsp3) is 0.650. The highest BCUT2D eigenvalue weighted by Gasteiger charge is 2.30. The summed E-state index contributed by atoms with van der Waals surface area (Å²) in [5, 5.41) is 0. The van der Waals surface area contributed by atoms with Crippen LogP contribution >= 0.6 is 0 Å². The zero-order valence-electron chi connectivity index (χ0n) is 15.2. The first-order valence-electron chi connectivity index (χ1n) is 9.44. The molecule has 4 nitrogen and oxygen atoms in total. The van der Waals surface area contributed by atoms with Crippen LogP contribution in [0.4, 0.5) is 0 Å². The van der Waals surface area contributed by atoms with Crippen molar-refractivity contribution in [2.24, 2.45) is 5.92 Å². The summed E-state index contributed by atoms with van der Waals surface area (Å²) < 4.78 is 0. The van der Waals surface area contributed by atoms with Crippen LogP contribution in [0.3, 0.4) is 0 Å². The molecule has 0 atom stereocenters. The van der Waals surface area contributed by atoms with Crippen LogP contribution in [0.15, 0.2) is 24.3 Å². The minimum atomic E-state index is 0.243. The predicted molar refractivity (Wildman–Crippen MR) is 97.9 cm³/mol. The Morgan fingerprint density at radius 2 is 1.75 bits per heavy atom. The quantitative estimate of drug-likeness (QED) is 0.848. The molecule has 0 aliphatic carbocycles. The fourth-order valence-electron chi connectivity index (χ4n) is 3.95. The van der Waals surface area contributed by atoms with Gasteiger partial charge in [-0.05, 0) is 45.0 Å². The SMILES string of the molecule is CCN1CCN(C(=O)C2CCN(Cc3cccc(C)c3)CC2)CC1. The molecule has 0 spiro atoms. The molecule has 4 heteroatoms. The Morgan fingerprint density at radius 1 is 1.04 bits per heavy atom. The first kappa shape index (κ1) is 17.4. The molecule has 2 aliphatic rings. The number of likely N-dealkylation sites (tertiary alicyclic amines) is 1. The Kier molecular flexibility index (Phi) is 5.90. The molecule has 0 aromatic heterocycles. The molecule has 0 unspecified atom stereocenters. The van der Waals surface area contributed by atoms with Crippen LogP contribution in [-0.2, 0) is 11.3 Å². The van der Waals surface area contributed by atoms with Crippen molar-refractivity contribution in [3.05, 3.63) is 35.4 Å². The Hall–Kier alpha value is -1.39. The van der Waals surface area contributed by atoms with Gasteiger partial charge in [0.2, 0.25) is 5.91 Å². The van der Waals surface area contributed by atoms with Crippen molar-refractivity contribution in [1.29, 1.82) is 0 Å². The number of aryl methyl sites for hydroxylation is 1. The Bertz CT molecular complexity index is 544. The monoisotopic (exact) mass is 329 g/mol. The number of hydrogen-bond donors (Lipinski definition) is 0. The summed E-state index contributed by atoms with van der Waals surface area (Å²) in [6.45, 7) is 12.4. The largest absolute Gasteiger partial charge is 0.340 e. The van der Waals surface area contributed by atoms with E-state index in [1.165, 1.54) is 11.1 Å². The molecule has 1 amide bonds. The fourth-order valence-corrected chi connectivity index (χ4v) is 3.95. The van der Waals surface area contributed by atoms with E-state index >= 15 is 0 Å². The van der Waals surface area contributed by atoms with Crippen LogP contribution in [0.2, 0.25) is 0 Å². The smallest absolute Gasteiger partial charge is 0.225 e. The van der Waals surface area contributed by atoms with Crippen LogP contribution < -0.4 is 0 Å². The lowest BCUT2D eigenvalue weighted by atomic mass is 9.94. The molecule has 2 heterocycles. The molecular formula is C20H31N3O. The van der Waals surface area contributed by atoms with Crippen LogP contribution in [0, 0.1) is 12.8 Å². The lowest BCUT2D eigenvalue weighted by molar-refractivity contribution is -0.138. The van der Waals surface area contributed by atoms with E-state index in [1.807, 2.05) is 0 Å². The summed E-state index contributed by atoms with van der Waals surface area (Å²) in [4.78, 5) is 19.8. The molecule has 132 valence electrons. The molecule has 24 heavy (non-hydrogen) atoms. The molecule has 0 saturated carbocycles. The first-order chi connectivity index (χ1) is 11.7. The van der Waals surface area contributed by atoms with Gasteiger partial charge in [-0.2, -0.15) is 0 Å². The van der Waals surface area contributed by atoms with E-state index in [9.17, 15) is 4.79 Å². The standard InChI is InChI=1S/C20H31N3O/c1-3-21-11-13-23(14-12-21)20(24)19-7-9-22(10-8-19)16-18-6-4-5-17(2)15-18/h4-6,15,19H,3,7-14,16H2,1-2H3. The zero-order valence-corrected chi connectivity index (χ0v) is 15.2. The van der Waals surface area contributed by atoms with Gasteiger partial charge in [-0.15, -0.1) is 0 Å². The van der Waals surface area contributed by atoms with E-state index in [2.05, 4.69) is 52.8 Å².